The number of nitrogens with zero attached hydrogens (tertiary/aromatic N) is 1. The molecule has 2 heterocycles. The molecule has 1 fully saturated rings. The Morgan fingerprint density at radius 3 is 2.85 bits per heavy atom. The lowest BCUT2D eigenvalue weighted by molar-refractivity contribution is 0.0702. The van der Waals surface area contributed by atoms with E-state index in [0.717, 1.165) is 35.4 Å². The number of carboxylic acid groups (broad SMARTS) is 1. The van der Waals surface area contributed by atoms with Crippen LogP contribution in [0.5, 0.6) is 0 Å². The van der Waals surface area contributed by atoms with E-state index < -0.39 is 12.1 Å². The molecule has 0 spiro atoms. The number of carbonyl (C=O) groups is 1. The molecular formula is C21H24ClNO3S. The van der Waals surface area contributed by atoms with Crippen molar-refractivity contribution in [1.29, 1.82) is 0 Å². The van der Waals surface area contributed by atoms with E-state index in [2.05, 4.69) is 11.1 Å². The third-order valence-corrected chi connectivity index (χ3v) is 6.78. The highest BCUT2D eigenvalue weighted by molar-refractivity contribution is 7.13. The van der Waals surface area contributed by atoms with Crippen molar-refractivity contribution in [2.75, 3.05) is 0 Å². The largest absolute Gasteiger partial charge is 0.477 e. The summed E-state index contributed by atoms with van der Waals surface area (Å²) in [5.41, 5.74) is 2.00. The molecule has 1 saturated carbocycles. The van der Waals surface area contributed by atoms with E-state index in [4.69, 9.17) is 16.7 Å². The monoisotopic (exact) mass is 405 g/mol. The summed E-state index contributed by atoms with van der Waals surface area (Å²) in [6.45, 7) is 1.95. The summed E-state index contributed by atoms with van der Waals surface area (Å²) in [4.78, 5) is 16.7. The zero-order chi connectivity index (χ0) is 19.4. The van der Waals surface area contributed by atoms with Gasteiger partial charge in [0.15, 0.2) is 0 Å². The number of hydrogen-bond donors (Lipinski definition) is 2. The van der Waals surface area contributed by atoms with Crippen molar-refractivity contribution in [2.45, 2.75) is 44.1 Å². The Bertz CT molecular complexity index is 802. The molecule has 3 rings (SSSR count). The van der Waals surface area contributed by atoms with Crippen LogP contribution < -0.4 is 0 Å². The number of carboxylic acids is 1. The third kappa shape index (κ3) is 5.18. The lowest BCUT2D eigenvalue weighted by Gasteiger charge is -2.20. The van der Waals surface area contributed by atoms with Crippen molar-refractivity contribution in [3.63, 3.8) is 0 Å². The van der Waals surface area contributed by atoms with Crippen LogP contribution in [-0.4, -0.2) is 32.6 Å². The van der Waals surface area contributed by atoms with Gasteiger partial charge >= 0.3 is 5.97 Å². The van der Waals surface area contributed by atoms with Crippen LogP contribution in [0.2, 0.25) is 0 Å². The van der Waals surface area contributed by atoms with Crippen molar-refractivity contribution < 1.29 is 15.0 Å². The molecule has 1 aliphatic rings. The van der Waals surface area contributed by atoms with E-state index in [9.17, 15) is 9.90 Å². The molecule has 27 heavy (non-hydrogen) atoms. The third-order valence-electron chi connectivity index (χ3n) is 5.15. The van der Waals surface area contributed by atoms with Crippen molar-refractivity contribution in [3.8, 4) is 0 Å². The summed E-state index contributed by atoms with van der Waals surface area (Å²) in [6, 6.07) is 7.54. The van der Waals surface area contributed by atoms with Gasteiger partial charge in [-0.2, -0.15) is 0 Å². The quantitative estimate of drug-likeness (QED) is 0.649. The number of aliphatic hydroxyl groups is 1. The van der Waals surface area contributed by atoms with E-state index in [1.807, 2.05) is 37.4 Å². The molecule has 0 aliphatic heterocycles. The first-order chi connectivity index (χ1) is 12.9. The Hall–Kier alpha value is -1.69. The average Bonchev–Trinajstić information content (AvgIpc) is 3.20. The molecule has 2 aromatic heterocycles. The van der Waals surface area contributed by atoms with Crippen molar-refractivity contribution in [2.24, 2.45) is 11.8 Å². The van der Waals surface area contributed by atoms with Gasteiger partial charge in [-0.1, -0.05) is 18.2 Å². The van der Waals surface area contributed by atoms with E-state index >= 15 is 0 Å². The summed E-state index contributed by atoms with van der Waals surface area (Å²) < 4.78 is 0. The van der Waals surface area contributed by atoms with Crippen LogP contribution >= 0.6 is 22.9 Å². The summed E-state index contributed by atoms with van der Waals surface area (Å²) in [5.74, 6) is -0.622. The first kappa shape index (κ1) is 20.1. The first-order valence-corrected chi connectivity index (χ1v) is 10.4. The Labute approximate surface area is 168 Å². The number of pyridine rings is 1. The summed E-state index contributed by atoms with van der Waals surface area (Å²) in [6.07, 6.45) is 8.77. The zero-order valence-electron chi connectivity index (χ0n) is 15.2. The average molecular weight is 406 g/mol. The number of alkyl halides is 1. The Morgan fingerprint density at radius 2 is 2.19 bits per heavy atom. The van der Waals surface area contributed by atoms with Crippen LogP contribution in [0.3, 0.4) is 0 Å². The molecular weight excluding hydrogens is 382 g/mol. The molecule has 1 aliphatic carbocycles. The number of aromatic nitrogens is 1. The minimum atomic E-state index is -0.873. The SMILES string of the molecule is Cc1ccc(/C=C/[C@@H]2[C@@H](CCCc3ccc(C(=O)O)s3)[C@H](Cl)C[C@H]2O)cn1. The fraction of sp³-hybridized carbons (Fsp3) is 0.429. The molecule has 144 valence electrons. The maximum Gasteiger partial charge on any atom is 0.345 e. The molecule has 6 heteroatoms. The number of halogens is 1. The zero-order valence-corrected chi connectivity index (χ0v) is 16.8. The smallest absolute Gasteiger partial charge is 0.345 e. The molecule has 4 nitrogen and oxygen atoms in total. The molecule has 4 atom stereocenters. The number of aryl methyl sites for hydroxylation is 2. The fourth-order valence-corrected chi connectivity index (χ4v) is 5.04. The second-order valence-electron chi connectivity index (χ2n) is 7.12. The highest BCUT2D eigenvalue weighted by Gasteiger charge is 2.39. The first-order valence-electron chi connectivity index (χ1n) is 9.19. The van der Waals surface area contributed by atoms with Gasteiger partial charge in [-0.25, -0.2) is 4.79 Å². The van der Waals surface area contributed by atoms with E-state index in [1.165, 1.54) is 11.3 Å². The summed E-state index contributed by atoms with van der Waals surface area (Å²) in [5, 5.41) is 19.4. The van der Waals surface area contributed by atoms with E-state index in [1.54, 1.807) is 6.07 Å². The number of aliphatic hydroxyl groups excluding tert-OH is 1. The topological polar surface area (TPSA) is 70.4 Å². The van der Waals surface area contributed by atoms with Gasteiger partial charge in [-0.05, 0) is 62.3 Å². The molecule has 2 N–H and O–H groups in total. The molecule has 0 unspecified atom stereocenters. The van der Waals surface area contributed by atoms with Gasteiger partial charge in [-0.3, -0.25) is 4.98 Å². The van der Waals surface area contributed by atoms with Gasteiger partial charge in [0.25, 0.3) is 0 Å². The van der Waals surface area contributed by atoms with Crippen LogP contribution in [0, 0.1) is 18.8 Å². The predicted molar refractivity (Wildman–Crippen MR) is 109 cm³/mol. The van der Waals surface area contributed by atoms with Crippen molar-refractivity contribution in [3.05, 3.63) is 57.6 Å². The number of hydrogen-bond acceptors (Lipinski definition) is 4. The minimum absolute atomic E-state index is 0.0340. The van der Waals surface area contributed by atoms with E-state index in [-0.39, 0.29) is 17.2 Å². The summed E-state index contributed by atoms with van der Waals surface area (Å²) >= 11 is 7.85. The van der Waals surface area contributed by atoms with Crippen molar-refractivity contribution >= 4 is 35.0 Å². The lowest BCUT2D eigenvalue weighted by atomic mass is 9.89. The van der Waals surface area contributed by atoms with Crippen LogP contribution in [0.4, 0.5) is 0 Å². The predicted octanol–water partition coefficient (Wildman–Crippen LogP) is 4.79. The molecule has 0 radical (unpaired) electrons. The van der Waals surface area contributed by atoms with Crippen LogP contribution in [-0.2, 0) is 6.42 Å². The van der Waals surface area contributed by atoms with Crippen LogP contribution in [0.25, 0.3) is 6.08 Å². The normalized spacial score (nSPS) is 25.3. The number of rotatable bonds is 7. The Balaban J connectivity index is 1.59. The van der Waals surface area contributed by atoms with Gasteiger partial charge in [0.2, 0.25) is 0 Å². The molecule has 2 aromatic rings. The highest BCUT2D eigenvalue weighted by Crippen LogP contribution is 2.40. The minimum Gasteiger partial charge on any atom is -0.477 e. The van der Waals surface area contributed by atoms with Gasteiger partial charge in [0, 0.05) is 28.1 Å². The molecule has 0 saturated heterocycles. The standard InChI is InChI=1S/C21H24ClNO3S/c1-13-5-6-14(12-23-13)7-9-17-16(18(22)11-19(17)24)4-2-3-15-8-10-20(27-15)21(25)26/h5-10,12,16-19,24H,2-4,11H2,1H3,(H,25,26)/b9-7+/t16-,17-,18-,19-/m1/s1. The van der Waals surface area contributed by atoms with Gasteiger partial charge in [0.05, 0.1) is 6.10 Å². The Kier molecular flexibility index (Phi) is 6.68. The fourth-order valence-electron chi connectivity index (χ4n) is 3.67. The van der Waals surface area contributed by atoms with Gasteiger partial charge in [0.1, 0.15) is 4.88 Å². The van der Waals surface area contributed by atoms with Gasteiger partial charge < -0.3 is 10.2 Å². The molecule has 0 aromatic carbocycles. The van der Waals surface area contributed by atoms with Crippen LogP contribution in [0.1, 0.15) is 45.1 Å². The highest BCUT2D eigenvalue weighted by atomic mass is 35.5. The number of thiophene rings is 1. The van der Waals surface area contributed by atoms with Crippen molar-refractivity contribution in [1.82, 2.24) is 4.98 Å². The summed E-state index contributed by atoms with van der Waals surface area (Å²) in [7, 11) is 0. The second-order valence-corrected chi connectivity index (χ2v) is 8.84. The Morgan fingerprint density at radius 1 is 1.37 bits per heavy atom. The maximum absolute atomic E-state index is 11.0. The lowest BCUT2D eigenvalue weighted by Crippen LogP contribution is -2.18. The van der Waals surface area contributed by atoms with Crippen LogP contribution in [0.15, 0.2) is 36.5 Å². The van der Waals surface area contributed by atoms with E-state index in [0.29, 0.717) is 11.3 Å². The van der Waals surface area contributed by atoms with Gasteiger partial charge in [-0.15, -0.1) is 22.9 Å². The molecule has 0 amide bonds. The maximum atomic E-state index is 11.0. The molecule has 0 bridgehead atoms. The second kappa shape index (κ2) is 9.00. The number of aromatic carboxylic acids is 1.